The number of nitrogens with one attached hydrogen (secondary N) is 1. The van der Waals surface area contributed by atoms with Crippen molar-refractivity contribution in [3.63, 3.8) is 0 Å². The first-order chi connectivity index (χ1) is 9.59. The van der Waals surface area contributed by atoms with Crippen molar-refractivity contribution in [1.29, 1.82) is 0 Å². The van der Waals surface area contributed by atoms with Gasteiger partial charge in [-0.05, 0) is 48.4 Å². The largest absolute Gasteiger partial charge is 0.394 e. The highest BCUT2D eigenvalue weighted by Gasteiger charge is 2.29. The van der Waals surface area contributed by atoms with Gasteiger partial charge < -0.3 is 10.4 Å². The van der Waals surface area contributed by atoms with Gasteiger partial charge >= 0.3 is 0 Å². The zero-order valence-electron chi connectivity index (χ0n) is 11.2. The van der Waals surface area contributed by atoms with Crippen LogP contribution in [0.1, 0.15) is 18.9 Å². The van der Waals surface area contributed by atoms with Crippen molar-refractivity contribution >= 4 is 21.6 Å². The summed E-state index contributed by atoms with van der Waals surface area (Å²) in [5.74, 6) is -0.277. The maximum Gasteiger partial charge on any atom is 0.123 e. The quantitative estimate of drug-likeness (QED) is 0.852. The fourth-order valence-electron chi connectivity index (χ4n) is 2.19. The second-order valence-electron chi connectivity index (χ2n) is 4.73. The van der Waals surface area contributed by atoms with Gasteiger partial charge in [-0.1, -0.05) is 35.0 Å². The summed E-state index contributed by atoms with van der Waals surface area (Å²) in [6.45, 7) is 1.93. The molecule has 4 heteroatoms. The molecule has 0 aromatic heterocycles. The van der Waals surface area contributed by atoms with E-state index in [1.54, 1.807) is 12.1 Å². The van der Waals surface area contributed by atoms with Crippen molar-refractivity contribution in [2.75, 3.05) is 11.9 Å². The van der Waals surface area contributed by atoms with Crippen molar-refractivity contribution in [1.82, 2.24) is 0 Å². The lowest BCUT2D eigenvalue weighted by molar-refractivity contribution is 0.207. The Bertz CT molecular complexity index is 550. The molecular weight excluding hydrogens is 321 g/mol. The summed E-state index contributed by atoms with van der Waals surface area (Å²) in [7, 11) is 0. The smallest absolute Gasteiger partial charge is 0.123 e. The molecule has 20 heavy (non-hydrogen) atoms. The first-order valence-electron chi connectivity index (χ1n) is 6.50. The summed E-state index contributed by atoms with van der Waals surface area (Å²) in [5, 5.41) is 13.2. The Hall–Kier alpha value is -1.39. The van der Waals surface area contributed by atoms with Crippen LogP contribution in [0.3, 0.4) is 0 Å². The highest BCUT2D eigenvalue weighted by Crippen LogP contribution is 2.30. The van der Waals surface area contributed by atoms with Gasteiger partial charge in [0.2, 0.25) is 0 Å². The Kier molecular flexibility index (Phi) is 4.78. The second kappa shape index (κ2) is 6.37. The van der Waals surface area contributed by atoms with Gasteiger partial charge in [-0.2, -0.15) is 0 Å². The molecule has 2 N–H and O–H groups in total. The second-order valence-corrected chi connectivity index (χ2v) is 5.65. The number of aliphatic hydroxyl groups is 1. The molecule has 0 aliphatic carbocycles. The van der Waals surface area contributed by atoms with Crippen molar-refractivity contribution < 1.29 is 9.50 Å². The number of hydrogen-bond donors (Lipinski definition) is 2. The molecule has 0 saturated carbocycles. The summed E-state index contributed by atoms with van der Waals surface area (Å²) in [6, 6.07) is 14.0. The van der Waals surface area contributed by atoms with Crippen molar-refractivity contribution in [3.8, 4) is 0 Å². The summed E-state index contributed by atoms with van der Waals surface area (Å²) in [5.41, 5.74) is 1.17. The van der Waals surface area contributed by atoms with E-state index in [0.717, 1.165) is 15.7 Å². The number of halogens is 2. The number of hydrogen-bond acceptors (Lipinski definition) is 2. The maximum absolute atomic E-state index is 13.1. The molecule has 2 aromatic rings. The summed E-state index contributed by atoms with van der Waals surface area (Å²) < 4.78 is 14.1. The Morgan fingerprint density at radius 2 is 1.70 bits per heavy atom. The predicted octanol–water partition coefficient (Wildman–Crippen LogP) is 4.30. The van der Waals surface area contributed by atoms with Crippen molar-refractivity contribution in [2.24, 2.45) is 0 Å². The zero-order valence-corrected chi connectivity index (χ0v) is 12.8. The zero-order chi connectivity index (χ0) is 14.6. The minimum Gasteiger partial charge on any atom is -0.394 e. The number of rotatable bonds is 5. The Labute approximate surface area is 126 Å². The van der Waals surface area contributed by atoms with Crippen LogP contribution in [-0.2, 0) is 5.54 Å². The van der Waals surface area contributed by atoms with Crippen LogP contribution < -0.4 is 5.32 Å². The van der Waals surface area contributed by atoms with E-state index < -0.39 is 5.54 Å². The summed E-state index contributed by atoms with van der Waals surface area (Å²) in [6.07, 6.45) is 0.686. The van der Waals surface area contributed by atoms with E-state index >= 15 is 0 Å². The van der Waals surface area contributed by atoms with Gasteiger partial charge in [0.05, 0.1) is 12.1 Å². The summed E-state index contributed by atoms with van der Waals surface area (Å²) in [4.78, 5) is 0. The van der Waals surface area contributed by atoms with Crippen LogP contribution in [0.15, 0.2) is 53.0 Å². The maximum atomic E-state index is 13.1. The van der Waals surface area contributed by atoms with Gasteiger partial charge in [-0.15, -0.1) is 0 Å². The molecule has 0 bridgehead atoms. The number of aliphatic hydroxyl groups excluding tert-OH is 1. The first-order valence-corrected chi connectivity index (χ1v) is 7.29. The van der Waals surface area contributed by atoms with E-state index in [1.165, 1.54) is 12.1 Å². The number of benzene rings is 2. The van der Waals surface area contributed by atoms with E-state index in [4.69, 9.17) is 0 Å². The van der Waals surface area contributed by atoms with E-state index in [-0.39, 0.29) is 12.4 Å². The lowest BCUT2D eigenvalue weighted by Crippen LogP contribution is -2.38. The van der Waals surface area contributed by atoms with Crippen molar-refractivity contribution in [3.05, 3.63) is 64.4 Å². The standard InChI is InChI=1S/C16H17BrFNO/c1-2-16(11-20,12-3-7-14(18)8-4-12)19-15-9-5-13(17)6-10-15/h3-10,19-20H,2,11H2,1H3. The van der Waals surface area contributed by atoms with Crippen molar-refractivity contribution in [2.45, 2.75) is 18.9 Å². The average molecular weight is 338 g/mol. The fraction of sp³-hybridized carbons (Fsp3) is 0.250. The first kappa shape index (κ1) is 15.0. The van der Waals surface area contributed by atoms with Crippen LogP contribution in [0.5, 0.6) is 0 Å². The van der Waals surface area contributed by atoms with Crippen LogP contribution in [-0.4, -0.2) is 11.7 Å². The minimum absolute atomic E-state index is 0.0643. The van der Waals surface area contributed by atoms with Gasteiger partial charge in [0, 0.05) is 10.2 Å². The molecule has 0 aliphatic rings. The predicted molar refractivity (Wildman–Crippen MR) is 83.2 cm³/mol. The molecule has 0 heterocycles. The monoisotopic (exact) mass is 337 g/mol. The molecule has 1 atom stereocenters. The topological polar surface area (TPSA) is 32.3 Å². The van der Waals surface area contributed by atoms with Crippen LogP contribution in [0.25, 0.3) is 0 Å². The molecule has 2 aromatic carbocycles. The van der Waals surface area contributed by atoms with Crippen LogP contribution in [0, 0.1) is 5.82 Å². The summed E-state index contributed by atoms with van der Waals surface area (Å²) >= 11 is 3.39. The van der Waals surface area contributed by atoms with E-state index in [0.29, 0.717) is 6.42 Å². The lowest BCUT2D eigenvalue weighted by atomic mass is 9.87. The van der Waals surface area contributed by atoms with Gasteiger partial charge in [0.25, 0.3) is 0 Å². The highest BCUT2D eigenvalue weighted by atomic mass is 79.9. The van der Waals surface area contributed by atoms with Crippen LogP contribution in [0.4, 0.5) is 10.1 Å². The van der Waals surface area contributed by atoms with Gasteiger partial charge in [-0.25, -0.2) is 4.39 Å². The highest BCUT2D eigenvalue weighted by molar-refractivity contribution is 9.10. The molecule has 0 fully saturated rings. The fourth-order valence-corrected chi connectivity index (χ4v) is 2.45. The van der Waals surface area contributed by atoms with E-state index in [1.807, 2.05) is 31.2 Å². The molecule has 0 radical (unpaired) electrons. The molecule has 0 amide bonds. The Morgan fingerprint density at radius 3 is 2.20 bits per heavy atom. The van der Waals surface area contributed by atoms with Gasteiger partial charge in [0.15, 0.2) is 0 Å². The molecule has 106 valence electrons. The Balaban J connectivity index is 2.33. The lowest BCUT2D eigenvalue weighted by Gasteiger charge is -2.33. The molecule has 2 rings (SSSR count). The third kappa shape index (κ3) is 3.19. The van der Waals surface area contributed by atoms with Crippen LogP contribution in [0.2, 0.25) is 0 Å². The third-order valence-corrected chi connectivity index (χ3v) is 4.03. The molecule has 1 unspecified atom stereocenters. The molecule has 2 nitrogen and oxygen atoms in total. The third-order valence-electron chi connectivity index (χ3n) is 3.50. The van der Waals surface area contributed by atoms with Gasteiger partial charge in [0.1, 0.15) is 5.82 Å². The molecule has 0 aliphatic heterocycles. The van der Waals surface area contributed by atoms with E-state index in [2.05, 4.69) is 21.2 Å². The van der Waals surface area contributed by atoms with Crippen LogP contribution >= 0.6 is 15.9 Å². The van der Waals surface area contributed by atoms with E-state index in [9.17, 15) is 9.50 Å². The SMILES string of the molecule is CCC(CO)(Nc1ccc(Br)cc1)c1ccc(F)cc1. The molecule has 0 spiro atoms. The minimum atomic E-state index is -0.610. The molecule has 0 saturated heterocycles. The average Bonchev–Trinajstić information content (AvgIpc) is 2.48. The molecular formula is C16H17BrFNO. The van der Waals surface area contributed by atoms with Gasteiger partial charge in [-0.3, -0.25) is 0 Å². The normalized spacial score (nSPS) is 13.8. The number of anilines is 1. The Morgan fingerprint density at radius 1 is 1.10 bits per heavy atom.